The first kappa shape index (κ1) is 28.4. The summed E-state index contributed by atoms with van der Waals surface area (Å²) in [4.78, 5) is 60.2. The van der Waals surface area contributed by atoms with Crippen LogP contribution in [0.15, 0.2) is 51.2 Å². The van der Waals surface area contributed by atoms with Gasteiger partial charge in [0.1, 0.15) is 23.7 Å². The molecule has 0 bridgehead atoms. The number of anilines is 1. The van der Waals surface area contributed by atoms with Gasteiger partial charge in [0, 0.05) is 33.9 Å². The first-order chi connectivity index (χ1) is 18.6. The van der Waals surface area contributed by atoms with Crippen LogP contribution in [0.1, 0.15) is 19.5 Å². The van der Waals surface area contributed by atoms with Gasteiger partial charge in [-0.1, -0.05) is 5.16 Å². The summed E-state index contributed by atoms with van der Waals surface area (Å²) >= 11 is 3.79. The molecule has 0 aliphatic carbocycles. The third kappa shape index (κ3) is 6.17. The minimum Gasteiger partial charge on any atom is -0.543 e. The number of aryl methyl sites for hydroxylation is 1. The number of nitrogens with two attached hydrogens (primary N) is 1. The Hall–Kier alpha value is -3.63. The maximum atomic E-state index is 13.1. The third-order valence-corrected chi connectivity index (χ3v) is 8.91. The SMILES string of the molecule is CC[n+]1ccc(SCC2=C(C(=O)[O-])N3C(=O)C(NC(=O)C(=NOC(C)C(=O)O)c4csc(N)n4)C3SC2)cc1. The lowest BCUT2D eigenvalue weighted by atomic mass is 10.0. The van der Waals surface area contributed by atoms with Crippen molar-refractivity contribution in [3.8, 4) is 0 Å². The van der Waals surface area contributed by atoms with Gasteiger partial charge in [-0.25, -0.2) is 14.3 Å². The van der Waals surface area contributed by atoms with Crippen molar-refractivity contribution in [3.63, 3.8) is 0 Å². The van der Waals surface area contributed by atoms with Gasteiger partial charge in [-0.3, -0.25) is 14.5 Å². The standard InChI is InChI=1S/C23H24N6O7S3/c1-3-28-6-4-13(5-7-28)37-8-12-9-38-20-16(19(31)29(20)17(12)22(34)35)26-18(30)15(14-10-39-23(24)25-14)27-36-11(2)21(32)33/h4-7,10-11,16,20H,3,8-9H2,1-2H3,(H4-,24,25,26,30,32,33,34,35). The number of oxime groups is 1. The fraction of sp³-hybridized carbons (Fsp3) is 0.348. The number of β-lactam (4-membered cyclic amide) rings is 1. The quantitative estimate of drug-likeness (QED) is 0.0995. The molecule has 0 aromatic carbocycles. The van der Waals surface area contributed by atoms with Gasteiger partial charge in [-0.2, -0.15) is 0 Å². The first-order valence-corrected chi connectivity index (χ1v) is 14.5. The molecular formula is C23H24N6O7S3. The Kier molecular flexibility index (Phi) is 8.76. The number of carboxylic acids is 2. The van der Waals surface area contributed by atoms with Gasteiger partial charge in [-0.05, 0) is 19.4 Å². The van der Waals surface area contributed by atoms with Crippen molar-refractivity contribution < 1.29 is 38.8 Å². The van der Waals surface area contributed by atoms with Crippen molar-refractivity contribution in [2.24, 2.45) is 5.16 Å². The minimum absolute atomic E-state index is 0.0347. The van der Waals surface area contributed by atoms with Crippen LogP contribution < -0.4 is 20.7 Å². The molecule has 2 amide bonds. The lowest BCUT2D eigenvalue weighted by molar-refractivity contribution is -0.693. The number of rotatable bonds is 11. The topological polar surface area (TPSA) is 191 Å². The Balaban J connectivity index is 1.49. The maximum Gasteiger partial charge on any atom is 0.347 e. The van der Waals surface area contributed by atoms with Crippen LogP contribution in [0.4, 0.5) is 5.13 Å². The Morgan fingerprint density at radius 1 is 1.41 bits per heavy atom. The highest BCUT2D eigenvalue weighted by Crippen LogP contribution is 2.41. The van der Waals surface area contributed by atoms with Crippen molar-refractivity contribution in [1.29, 1.82) is 0 Å². The Bertz CT molecular complexity index is 1360. The van der Waals surface area contributed by atoms with Gasteiger partial charge in [0.2, 0.25) is 6.10 Å². The van der Waals surface area contributed by atoms with E-state index in [9.17, 15) is 24.3 Å². The molecule has 13 nitrogen and oxygen atoms in total. The van der Waals surface area contributed by atoms with Crippen molar-refractivity contribution in [3.05, 3.63) is 46.9 Å². The Morgan fingerprint density at radius 3 is 2.72 bits per heavy atom. The molecule has 4 heterocycles. The molecule has 1 saturated heterocycles. The molecule has 2 aromatic rings. The Morgan fingerprint density at radius 2 is 2.13 bits per heavy atom. The second-order valence-electron chi connectivity index (χ2n) is 8.35. The molecule has 1 fully saturated rings. The molecule has 4 N–H and O–H groups in total. The van der Waals surface area contributed by atoms with E-state index in [0.717, 1.165) is 27.7 Å². The van der Waals surface area contributed by atoms with E-state index in [-0.39, 0.29) is 22.2 Å². The van der Waals surface area contributed by atoms with Crippen molar-refractivity contribution in [1.82, 2.24) is 15.2 Å². The number of thiazole rings is 1. The predicted octanol–water partition coefficient (Wildman–Crippen LogP) is -0.577. The number of carboxylic acid groups (broad SMARTS) is 2. The summed E-state index contributed by atoms with van der Waals surface area (Å²) in [5, 5.41) is 28.2. The molecule has 0 radical (unpaired) electrons. The second kappa shape index (κ2) is 12.0. The van der Waals surface area contributed by atoms with Gasteiger partial charge < -0.3 is 30.9 Å². The molecule has 16 heteroatoms. The Labute approximate surface area is 235 Å². The molecular weight excluding hydrogens is 568 g/mol. The fourth-order valence-corrected chi connectivity index (χ4v) is 6.61. The first-order valence-electron chi connectivity index (χ1n) is 11.6. The van der Waals surface area contributed by atoms with Crippen LogP contribution in [-0.4, -0.2) is 73.5 Å². The van der Waals surface area contributed by atoms with Crippen molar-refractivity contribution >= 4 is 69.5 Å². The van der Waals surface area contributed by atoms with Gasteiger partial charge >= 0.3 is 5.97 Å². The van der Waals surface area contributed by atoms with E-state index < -0.39 is 41.3 Å². The maximum absolute atomic E-state index is 13.1. The van der Waals surface area contributed by atoms with Crippen LogP contribution in [0.2, 0.25) is 0 Å². The van der Waals surface area contributed by atoms with E-state index in [4.69, 9.17) is 15.7 Å². The van der Waals surface area contributed by atoms with E-state index in [1.807, 2.05) is 36.0 Å². The summed E-state index contributed by atoms with van der Waals surface area (Å²) < 4.78 is 2.00. The summed E-state index contributed by atoms with van der Waals surface area (Å²) in [6, 6.07) is 2.81. The van der Waals surface area contributed by atoms with Crippen LogP contribution in [0.3, 0.4) is 0 Å². The molecule has 4 rings (SSSR count). The van der Waals surface area contributed by atoms with E-state index in [1.165, 1.54) is 35.8 Å². The van der Waals surface area contributed by atoms with Crippen LogP contribution in [0, 0.1) is 0 Å². The van der Waals surface area contributed by atoms with Crippen molar-refractivity contribution in [2.75, 3.05) is 17.2 Å². The average molecular weight is 593 g/mol. The molecule has 2 aliphatic heterocycles. The van der Waals surface area contributed by atoms with Crippen LogP contribution in [0.5, 0.6) is 0 Å². The number of carbonyl (C=O) groups excluding carboxylic acids is 3. The normalized spacial score (nSPS) is 19.7. The summed E-state index contributed by atoms with van der Waals surface area (Å²) in [7, 11) is 0. The molecule has 3 unspecified atom stereocenters. The van der Waals surface area contributed by atoms with Crippen LogP contribution in [0.25, 0.3) is 0 Å². The van der Waals surface area contributed by atoms with E-state index >= 15 is 0 Å². The number of fused-ring (bicyclic) bond motifs is 1. The lowest BCUT2D eigenvalue weighted by Gasteiger charge is -2.50. The molecule has 0 saturated carbocycles. The highest BCUT2D eigenvalue weighted by molar-refractivity contribution is 8.01. The highest BCUT2D eigenvalue weighted by atomic mass is 32.2. The number of nitrogens with one attached hydrogen (secondary N) is 1. The minimum atomic E-state index is -1.47. The number of amides is 2. The smallest absolute Gasteiger partial charge is 0.347 e. The highest BCUT2D eigenvalue weighted by Gasteiger charge is 2.53. The number of nitrogens with zero attached hydrogens (tertiary/aromatic N) is 4. The van der Waals surface area contributed by atoms with Gasteiger partial charge in [0.15, 0.2) is 23.2 Å². The second-order valence-corrected chi connectivity index (χ2v) is 11.4. The summed E-state index contributed by atoms with van der Waals surface area (Å²) in [6.45, 7) is 4.08. The average Bonchev–Trinajstić information content (AvgIpc) is 3.35. The van der Waals surface area contributed by atoms with E-state index in [0.29, 0.717) is 17.1 Å². The van der Waals surface area contributed by atoms with E-state index in [2.05, 4.69) is 15.5 Å². The third-order valence-electron chi connectivity index (χ3n) is 5.80. The van der Waals surface area contributed by atoms with Crippen molar-refractivity contribution in [2.45, 2.75) is 42.8 Å². The van der Waals surface area contributed by atoms with Crippen LogP contribution >= 0.6 is 34.9 Å². The van der Waals surface area contributed by atoms with E-state index in [1.54, 1.807) is 0 Å². The number of hydrogen-bond acceptors (Lipinski definition) is 12. The number of hydrogen-bond donors (Lipinski definition) is 3. The fourth-order valence-electron chi connectivity index (χ4n) is 3.69. The number of carbonyl (C=O) groups is 4. The number of nitrogen functional groups attached to an aromatic ring is 1. The number of thioether (sulfide) groups is 2. The lowest BCUT2D eigenvalue weighted by Crippen LogP contribution is -2.71. The zero-order valence-electron chi connectivity index (χ0n) is 20.7. The van der Waals surface area contributed by atoms with Gasteiger partial charge in [0.05, 0.1) is 11.7 Å². The predicted molar refractivity (Wildman–Crippen MR) is 141 cm³/mol. The van der Waals surface area contributed by atoms with Crippen LogP contribution in [-0.2, 0) is 30.6 Å². The molecule has 206 valence electrons. The molecule has 0 spiro atoms. The molecule has 2 aliphatic rings. The number of pyridine rings is 1. The monoisotopic (exact) mass is 592 g/mol. The zero-order chi connectivity index (χ0) is 28.3. The largest absolute Gasteiger partial charge is 0.543 e. The summed E-state index contributed by atoms with van der Waals surface area (Å²) in [5.74, 6) is -3.58. The summed E-state index contributed by atoms with van der Waals surface area (Å²) in [5.41, 5.74) is 5.67. The van der Waals surface area contributed by atoms with Gasteiger partial charge in [0.25, 0.3) is 11.8 Å². The molecule has 3 atom stereocenters. The molecule has 39 heavy (non-hydrogen) atoms. The molecule has 2 aromatic heterocycles. The number of aromatic nitrogens is 2. The summed E-state index contributed by atoms with van der Waals surface area (Å²) in [6.07, 6.45) is 2.51. The number of aliphatic carboxylic acids is 2. The van der Waals surface area contributed by atoms with Gasteiger partial charge in [-0.15, -0.1) is 34.9 Å². The zero-order valence-corrected chi connectivity index (χ0v) is 23.2.